The molecule has 0 N–H and O–H groups in total. The SMILES string of the molecule is CCOC(=O)C1=C(C(F)(F)F)N=c2s/c(=C\c3ccc(Br)cc3)c(=O)n2[C@H]1c1ccccc1. The number of ether oxygens (including phenoxy) is 1. The number of alkyl halides is 3. The van der Waals surface area contributed by atoms with Gasteiger partial charge in [-0.2, -0.15) is 13.2 Å². The van der Waals surface area contributed by atoms with Crippen LogP contribution >= 0.6 is 27.3 Å². The molecule has 1 atom stereocenters. The van der Waals surface area contributed by atoms with Crippen molar-refractivity contribution in [3.8, 4) is 0 Å². The van der Waals surface area contributed by atoms with Gasteiger partial charge in [-0.3, -0.25) is 9.36 Å². The average Bonchev–Trinajstić information content (AvgIpc) is 3.09. The third-order valence-electron chi connectivity index (χ3n) is 4.88. The maximum Gasteiger partial charge on any atom is 0.434 e. The zero-order chi connectivity index (χ0) is 23.8. The van der Waals surface area contributed by atoms with Gasteiger partial charge in [0, 0.05) is 4.47 Å². The van der Waals surface area contributed by atoms with Gasteiger partial charge in [-0.1, -0.05) is 69.7 Å². The van der Waals surface area contributed by atoms with Crippen molar-refractivity contribution < 1.29 is 22.7 Å². The highest BCUT2D eigenvalue weighted by Gasteiger charge is 2.45. The maximum absolute atomic E-state index is 14.0. The lowest BCUT2D eigenvalue weighted by atomic mass is 9.95. The Morgan fingerprint density at radius 3 is 2.45 bits per heavy atom. The van der Waals surface area contributed by atoms with Crippen LogP contribution in [0.2, 0.25) is 0 Å². The smallest absolute Gasteiger partial charge is 0.434 e. The highest BCUT2D eigenvalue weighted by Crippen LogP contribution is 2.38. The molecule has 0 radical (unpaired) electrons. The lowest BCUT2D eigenvalue weighted by Crippen LogP contribution is -2.41. The summed E-state index contributed by atoms with van der Waals surface area (Å²) in [5.41, 5.74) is -1.57. The molecule has 1 aliphatic rings. The molecule has 2 aromatic carbocycles. The predicted octanol–water partition coefficient (Wildman–Crippen LogP) is 4.10. The first-order valence-corrected chi connectivity index (χ1v) is 11.4. The van der Waals surface area contributed by atoms with Crippen molar-refractivity contribution >= 4 is 39.3 Å². The quantitative estimate of drug-likeness (QED) is 0.471. The van der Waals surface area contributed by atoms with Gasteiger partial charge >= 0.3 is 12.1 Å². The van der Waals surface area contributed by atoms with Crippen LogP contribution in [0.3, 0.4) is 0 Å². The van der Waals surface area contributed by atoms with E-state index in [1.165, 1.54) is 6.92 Å². The zero-order valence-electron chi connectivity index (χ0n) is 17.1. The van der Waals surface area contributed by atoms with Crippen LogP contribution in [0.15, 0.2) is 80.1 Å². The van der Waals surface area contributed by atoms with E-state index in [1.54, 1.807) is 60.7 Å². The van der Waals surface area contributed by atoms with Crippen LogP contribution in [0.1, 0.15) is 24.1 Å². The molecule has 0 aliphatic carbocycles. The Labute approximate surface area is 198 Å². The molecule has 0 amide bonds. The van der Waals surface area contributed by atoms with E-state index in [4.69, 9.17) is 4.74 Å². The molecular weight excluding hydrogens is 521 g/mol. The van der Waals surface area contributed by atoms with Gasteiger partial charge in [-0.25, -0.2) is 9.79 Å². The molecule has 0 saturated carbocycles. The number of nitrogens with zero attached hydrogens (tertiary/aromatic N) is 2. The Morgan fingerprint density at radius 1 is 1.18 bits per heavy atom. The van der Waals surface area contributed by atoms with Crippen molar-refractivity contribution in [1.82, 2.24) is 4.57 Å². The Kier molecular flexibility index (Phi) is 6.40. The van der Waals surface area contributed by atoms with Gasteiger partial charge in [-0.15, -0.1) is 0 Å². The summed E-state index contributed by atoms with van der Waals surface area (Å²) in [5, 5.41) is 0. The minimum Gasteiger partial charge on any atom is -0.463 e. The molecule has 5 nitrogen and oxygen atoms in total. The average molecular weight is 537 g/mol. The van der Waals surface area contributed by atoms with Crippen molar-refractivity contribution in [1.29, 1.82) is 0 Å². The second-order valence-corrected chi connectivity index (χ2v) is 8.95. The number of aromatic nitrogens is 1. The molecule has 0 spiro atoms. The number of hydrogen-bond donors (Lipinski definition) is 0. The minimum atomic E-state index is -4.92. The molecule has 170 valence electrons. The van der Waals surface area contributed by atoms with E-state index in [0.717, 1.165) is 20.4 Å². The van der Waals surface area contributed by atoms with Crippen LogP contribution in [0.25, 0.3) is 6.08 Å². The zero-order valence-corrected chi connectivity index (χ0v) is 19.5. The first-order chi connectivity index (χ1) is 15.7. The van der Waals surface area contributed by atoms with Crippen molar-refractivity contribution in [3.63, 3.8) is 0 Å². The summed E-state index contributed by atoms with van der Waals surface area (Å²) in [5.74, 6) is -1.16. The minimum absolute atomic E-state index is 0.122. The van der Waals surface area contributed by atoms with Crippen molar-refractivity contribution in [2.75, 3.05) is 6.61 Å². The number of carbonyl (C=O) groups is 1. The van der Waals surface area contributed by atoms with Gasteiger partial charge < -0.3 is 4.74 Å². The van der Waals surface area contributed by atoms with E-state index in [0.29, 0.717) is 11.1 Å². The first-order valence-electron chi connectivity index (χ1n) is 9.81. The third kappa shape index (κ3) is 4.58. The molecule has 3 aromatic rings. The topological polar surface area (TPSA) is 60.7 Å². The van der Waals surface area contributed by atoms with Crippen LogP contribution in [0.4, 0.5) is 13.2 Å². The monoisotopic (exact) mass is 536 g/mol. The Hall–Kier alpha value is -2.98. The summed E-state index contributed by atoms with van der Waals surface area (Å²) in [7, 11) is 0. The number of benzene rings is 2. The molecule has 33 heavy (non-hydrogen) atoms. The van der Waals surface area contributed by atoms with Gasteiger partial charge in [0.25, 0.3) is 5.56 Å². The van der Waals surface area contributed by atoms with E-state index in [1.807, 2.05) is 0 Å². The number of thiazole rings is 1. The molecule has 0 unspecified atom stereocenters. The number of halogens is 4. The number of rotatable bonds is 4. The van der Waals surface area contributed by atoms with E-state index < -0.39 is 35.0 Å². The summed E-state index contributed by atoms with van der Waals surface area (Å²) in [4.78, 5) is 29.7. The largest absolute Gasteiger partial charge is 0.463 e. The second-order valence-electron chi connectivity index (χ2n) is 7.03. The summed E-state index contributed by atoms with van der Waals surface area (Å²) in [6, 6.07) is 13.9. The number of esters is 1. The van der Waals surface area contributed by atoms with Gasteiger partial charge in [0.05, 0.1) is 22.8 Å². The fourth-order valence-corrected chi connectivity index (χ4v) is 4.77. The lowest BCUT2D eigenvalue weighted by molar-refractivity contribution is -0.140. The van der Waals surface area contributed by atoms with Crippen molar-refractivity contribution in [3.05, 3.63) is 101 Å². The Morgan fingerprint density at radius 2 is 1.85 bits per heavy atom. The molecule has 0 bridgehead atoms. The second kappa shape index (κ2) is 9.11. The number of carbonyl (C=O) groups excluding carboxylic acids is 1. The van der Waals surface area contributed by atoms with E-state index >= 15 is 0 Å². The molecule has 0 fully saturated rings. The van der Waals surface area contributed by atoms with Crippen LogP contribution < -0.4 is 14.9 Å². The highest BCUT2D eigenvalue weighted by atomic mass is 79.9. The predicted molar refractivity (Wildman–Crippen MR) is 121 cm³/mol. The number of allylic oxidation sites excluding steroid dienone is 1. The van der Waals surface area contributed by atoms with Crippen molar-refractivity contribution in [2.45, 2.75) is 19.1 Å². The normalized spacial score (nSPS) is 16.4. The van der Waals surface area contributed by atoms with Crippen LogP contribution in [-0.4, -0.2) is 23.3 Å². The van der Waals surface area contributed by atoms with Gasteiger partial charge in [-0.05, 0) is 36.3 Å². The van der Waals surface area contributed by atoms with Crippen molar-refractivity contribution in [2.24, 2.45) is 4.99 Å². The molecule has 10 heteroatoms. The van der Waals surface area contributed by atoms with Crippen LogP contribution in [0, 0.1) is 0 Å². The molecule has 1 aliphatic heterocycles. The highest BCUT2D eigenvalue weighted by molar-refractivity contribution is 9.10. The van der Waals surface area contributed by atoms with E-state index in [9.17, 15) is 22.8 Å². The molecule has 0 saturated heterocycles. The summed E-state index contributed by atoms with van der Waals surface area (Å²) < 4.78 is 49.2. The fraction of sp³-hybridized carbons (Fsp3) is 0.174. The van der Waals surface area contributed by atoms with E-state index in [-0.39, 0.29) is 15.9 Å². The first kappa shape index (κ1) is 23.2. The third-order valence-corrected chi connectivity index (χ3v) is 6.39. The number of fused-ring (bicyclic) bond motifs is 1. The summed E-state index contributed by atoms with van der Waals surface area (Å²) in [6.45, 7) is 1.37. The van der Waals surface area contributed by atoms with Gasteiger partial charge in [0.1, 0.15) is 0 Å². The maximum atomic E-state index is 14.0. The molecular formula is C23H16BrF3N2O3S. The lowest BCUT2D eigenvalue weighted by Gasteiger charge is -2.26. The summed E-state index contributed by atoms with van der Waals surface area (Å²) >= 11 is 4.17. The fourth-order valence-electron chi connectivity index (χ4n) is 3.50. The molecule has 2 heterocycles. The molecule has 4 rings (SSSR count). The van der Waals surface area contributed by atoms with E-state index in [2.05, 4.69) is 20.9 Å². The van der Waals surface area contributed by atoms with Gasteiger partial charge in [0.2, 0.25) is 0 Å². The van der Waals surface area contributed by atoms with Crippen LogP contribution in [0.5, 0.6) is 0 Å². The number of hydrogen-bond acceptors (Lipinski definition) is 5. The van der Waals surface area contributed by atoms with Gasteiger partial charge in [0.15, 0.2) is 10.5 Å². The standard InChI is InChI=1S/C23H16BrF3N2O3S/c1-2-32-21(31)17-18(14-6-4-3-5-7-14)29-20(30)16(12-13-8-10-15(24)11-9-13)33-22(29)28-19(17)23(25,26)27/h3-12,18H,2H2,1H3/b16-12-/t18-/m0/s1. The Bertz CT molecular complexity index is 1410. The molecule has 1 aromatic heterocycles. The Balaban J connectivity index is 2.04. The summed E-state index contributed by atoms with van der Waals surface area (Å²) in [6.07, 6.45) is -3.34. The van der Waals surface area contributed by atoms with Crippen LogP contribution in [-0.2, 0) is 9.53 Å².